The van der Waals surface area contributed by atoms with Gasteiger partial charge in [-0.05, 0) is 11.5 Å². The van der Waals surface area contributed by atoms with E-state index in [1.807, 2.05) is 0 Å². The molecule has 0 aromatic heterocycles. The summed E-state index contributed by atoms with van der Waals surface area (Å²) in [5.74, 6) is 0.723. The van der Waals surface area contributed by atoms with Crippen LogP contribution in [0.25, 0.3) is 0 Å². The second-order valence-electron chi connectivity index (χ2n) is 6.63. The maximum absolute atomic E-state index is 3.75. The fourth-order valence-electron chi connectivity index (χ4n) is 3.00. The monoisotopic (exact) mass is 326 g/mol. The second-order valence-corrected chi connectivity index (χ2v) is 9.83. The molecular formula is C18H34SiTi. The van der Waals surface area contributed by atoms with Gasteiger partial charge in [-0.1, -0.05) is 58.9 Å². The molecule has 0 saturated carbocycles. The van der Waals surface area contributed by atoms with Gasteiger partial charge < -0.3 is 22.3 Å². The van der Waals surface area contributed by atoms with Crippen LogP contribution in [0.4, 0.5) is 0 Å². The summed E-state index contributed by atoms with van der Waals surface area (Å²) in [5.41, 5.74) is 4.96. The van der Waals surface area contributed by atoms with Gasteiger partial charge in [-0.15, -0.1) is 0 Å². The topological polar surface area (TPSA) is 0 Å². The van der Waals surface area contributed by atoms with Crippen LogP contribution in [0.1, 0.15) is 53.4 Å². The van der Waals surface area contributed by atoms with Gasteiger partial charge >= 0.3 is 21.7 Å². The van der Waals surface area contributed by atoms with Crippen LogP contribution in [-0.2, 0) is 21.7 Å². The van der Waals surface area contributed by atoms with E-state index in [9.17, 15) is 0 Å². The van der Waals surface area contributed by atoms with Crippen molar-refractivity contribution in [3.63, 3.8) is 0 Å². The Morgan fingerprint density at radius 3 is 2.20 bits per heavy atom. The Bertz CT molecular complexity index is 334. The van der Waals surface area contributed by atoms with E-state index in [0.29, 0.717) is 5.04 Å². The molecule has 0 nitrogen and oxygen atoms in total. The second kappa shape index (κ2) is 10.2. The molecular weight excluding hydrogens is 292 g/mol. The molecule has 0 amide bonds. The third-order valence-electron chi connectivity index (χ3n) is 3.96. The van der Waals surface area contributed by atoms with Crippen LogP contribution in [0.15, 0.2) is 16.7 Å². The minimum atomic E-state index is 0. The number of hydrogen-bond donors (Lipinski definition) is 0. The zero-order valence-electron chi connectivity index (χ0n) is 14.8. The van der Waals surface area contributed by atoms with Gasteiger partial charge in [0.2, 0.25) is 0 Å². The molecule has 0 bridgehead atoms. The molecule has 0 N–H and O–H groups in total. The molecule has 2 aliphatic carbocycles. The van der Waals surface area contributed by atoms with Crippen LogP contribution >= 0.6 is 0 Å². The minimum Gasteiger partial charge on any atom is -0.358 e. The van der Waals surface area contributed by atoms with E-state index in [-0.39, 0.29) is 53.5 Å². The Morgan fingerprint density at radius 2 is 1.65 bits per heavy atom. The molecule has 2 heteroatoms. The molecule has 0 aromatic rings. The Kier molecular flexibility index (Phi) is 12.9. The fraction of sp³-hybridized carbons (Fsp3) is 0.611. The van der Waals surface area contributed by atoms with Crippen molar-refractivity contribution in [2.24, 2.45) is 5.92 Å². The quantitative estimate of drug-likeness (QED) is 0.471. The first-order valence-electron chi connectivity index (χ1n) is 6.80. The molecule has 1 atom stereocenters. The summed E-state index contributed by atoms with van der Waals surface area (Å²) in [6, 6.07) is 1.44. The predicted octanol–water partition coefficient (Wildman–Crippen LogP) is 5.39. The van der Waals surface area contributed by atoms with Crippen molar-refractivity contribution in [2.75, 3.05) is 0 Å². The van der Waals surface area contributed by atoms with Crippen molar-refractivity contribution in [1.82, 2.24) is 0 Å². The first-order chi connectivity index (χ1) is 7.47. The molecule has 0 spiro atoms. The van der Waals surface area contributed by atoms with Gasteiger partial charge in [0.05, 0.1) is 0 Å². The molecule has 0 saturated heterocycles. The Morgan fingerprint density at radius 1 is 1.10 bits per heavy atom. The molecule has 0 aromatic carbocycles. The molecule has 0 heterocycles. The number of hydrogen-bond acceptors (Lipinski definition) is 0. The molecule has 114 valence electrons. The van der Waals surface area contributed by atoms with E-state index < -0.39 is 0 Å². The SMILES string of the molecule is CC1=[C-]C(C[SiH2]C(C)(C)C)C2=C1CCCC2.[CH3-].[CH3-].[CH3-].[Ti+4]. The van der Waals surface area contributed by atoms with Crippen molar-refractivity contribution in [2.45, 2.75) is 64.5 Å². The zero-order valence-corrected chi connectivity index (χ0v) is 17.8. The summed E-state index contributed by atoms with van der Waals surface area (Å²) >= 11 is 0. The van der Waals surface area contributed by atoms with E-state index in [1.165, 1.54) is 37.3 Å². The van der Waals surface area contributed by atoms with E-state index in [4.69, 9.17) is 0 Å². The van der Waals surface area contributed by atoms with E-state index >= 15 is 0 Å². The molecule has 20 heavy (non-hydrogen) atoms. The summed E-state index contributed by atoms with van der Waals surface area (Å²) < 4.78 is 0. The van der Waals surface area contributed by atoms with Crippen LogP contribution in [0.3, 0.4) is 0 Å². The first-order valence-corrected chi connectivity index (χ1v) is 8.50. The van der Waals surface area contributed by atoms with Crippen LogP contribution < -0.4 is 0 Å². The average molecular weight is 326 g/mol. The molecule has 0 aliphatic heterocycles. The average Bonchev–Trinajstić information content (AvgIpc) is 2.53. The van der Waals surface area contributed by atoms with E-state index in [2.05, 4.69) is 33.8 Å². The van der Waals surface area contributed by atoms with Crippen LogP contribution in [0, 0.1) is 34.3 Å². The van der Waals surface area contributed by atoms with Gasteiger partial charge in [0, 0.05) is 9.52 Å². The van der Waals surface area contributed by atoms with Gasteiger partial charge in [0.1, 0.15) is 0 Å². The van der Waals surface area contributed by atoms with Gasteiger partial charge in [-0.25, -0.2) is 5.57 Å². The molecule has 2 rings (SSSR count). The predicted molar refractivity (Wildman–Crippen MR) is 93.7 cm³/mol. The maximum atomic E-state index is 3.75. The van der Waals surface area contributed by atoms with E-state index in [0.717, 1.165) is 5.92 Å². The molecule has 2 aliphatic rings. The summed E-state index contributed by atoms with van der Waals surface area (Å²) in [4.78, 5) is 0. The Balaban J connectivity index is -0.000000722. The third kappa shape index (κ3) is 6.45. The third-order valence-corrected chi connectivity index (χ3v) is 6.32. The summed E-state index contributed by atoms with van der Waals surface area (Å²) in [7, 11) is 0.0402. The van der Waals surface area contributed by atoms with Crippen LogP contribution in [0.5, 0.6) is 0 Å². The minimum absolute atomic E-state index is 0. The van der Waals surface area contributed by atoms with Crippen LogP contribution in [0.2, 0.25) is 11.1 Å². The normalized spacial score (nSPS) is 21.2. The molecule has 0 radical (unpaired) electrons. The van der Waals surface area contributed by atoms with Crippen molar-refractivity contribution in [3.8, 4) is 0 Å². The molecule has 1 unspecified atom stereocenters. The summed E-state index contributed by atoms with van der Waals surface area (Å²) in [6.07, 6.45) is 9.27. The zero-order chi connectivity index (χ0) is 11.8. The number of rotatable bonds is 2. The number of allylic oxidation sites excluding steroid dienone is 4. The first kappa shape index (κ1) is 25.4. The van der Waals surface area contributed by atoms with Gasteiger partial charge in [-0.2, -0.15) is 11.1 Å². The standard InChI is InChI=1S/C15H25Si.3CH3.Ti/c1-11-9-12(10-16-15(2,3)4)14-8-6-5-7-13(11)14;;;;/h12H,5-8,10,16H2,1-4H3;3*1H3;/q4*-1;+4. The van der Waals surface area contributed by atoms with Crippen molar-refractivity contribution >= 4 is 9.52 Å². The van der Waals surface area contributed by atoms with Gasteiger partial charge in [0.15, 0.2) is 0 Å². The maximum Gasteiger partial charge on any atom is 4.00 e. The van der Waals surface area contributed by atoms with Crippen molar-refractivity contribution < 1.29 is 21.7 Å². The largest absolute Gasteiger partial charge is 4.00 e. The van der Waals surface area contributed by atoms with Crippen LogP contribution in [-0.4, -0.2) is 9.52 Å². The molecule has 0 fully saturated rings. The van der Waals surface area contributed by atoms with Crippen molar-refractivity contribution in [3.05, 3.63) is 45.1 Å². The summed E-state index contributed by atoms with van der Waals surface area (Å²) in [5, 5.41) is 0.605. The van der Waals surface area contributed by atoms with Gasteiger partial charge in [0.25, 0.3) is 0 Å². The Labute approximate surface area is 146 Å². The summed E-state index contributed by atoms with van der Waals surface area (Å²) in [6.45, 7) is 9.49. The van der Waals surface area contributed by atoms with E-state index in [1.54, 1.807) is 11.1 Å². The smallest absolute Gasteiger partial charge is 0.358 e. The van der Waals surface area contributed by atoms with Crippen molar-refractivity contribution in [1.29, 1.82) is 0 Å². The fourth-order valence-corrected chi connectivity index (χ4v) is 4.65. The Hall–Kier alpha value is 0.411. The van der Waals surface area contributed by atoms with Gasteiger partial charge in [-0.3, -0.25) is 6.08 Å².